The fourth-order valence-corrected chi connectivity index (χ4v) is 1.46. The van der Waals surface area contributed by atoms with E-state index < -0.39 is 4.92 Å². The summed E-state index contributed by atoms with van der Waals surface area (Å²) in [6.45, 7) is 0.225. The van der Waals surface area contributed by atoms with Crippen molar-refractivity contribution >= 4 is 21.7 Å². The normalized spacial score (nSPS) is 10.5. The molecule has 78 valence electrons. The SMILES string of the molecule is O=[N+]([O-])c1nn(Cc2ncon2)cc1Br. The molecule has 0 spiro atoms. The summed E-state index contributed by atoms with van der Waals surface area (Å²) in [6, 6.07) is 0. The van der Waals surface area contributed by atoms with Gasteiger partial charge in [0.05, 0.1) is 11.3 Å². The quantitative estimate of drug-likeness (QED) is 0.611. The van der Waals surface area contributed by atoms with E-state index in [0.717, 1.165) is 0 Å². The van der Waals surface area contributed by atoms with Gasteiger partial charge < -0.3 is 14.6 Å². The van der Waals surface area contributed by atoms with Crippen molar-refractivity contribution in [1.82, 2.24) is 19.9 Å². The highest BCUT2D eigenvalue weighted by molar-refractivity contribution is 9.10. The summed E-state index contributed by atoms with van der Waals surface area (Å²) < 4.78 is 6.19. The van der Waals surface area contributed by atoms with Gasteiger partial charge in [0.15, 0.2) is 5.82 Å². The van der Waals surface area contributed by atoms with Crippen LogP contribution in [0, 0.1) is 10.1 Å². The zero-order valence-corrected chi connectivity index (χ0v) is 8.79. The van der Waals surface area contributed by atoms with Crippen molar-refractivity contribution in [3.63, 3.8) is 0 Å². The van der Waals surface area contributed by atoms with Gasteiger partial charge in [-0.2, -0.15) is 9.67 Å². The summed E-state index contributed by atoms with van der Waals surface area (Å²) in [5.74, 6) is 0.165. The highest BCUT2D eigenvalue weighted by atomic mass is 79.9. The molecule has 0 aliphatic carbocycles. The lowest BCUT2D eigenvalue weighted by Crippen LogP contribution is -2.02. The summed E-state index contributed by atoms with van der Waals surface area (Å²) in [4.78, 5) is 13.7. The molecule has 0 radical (unpaired) electrons. The first-order valence-corrected chi connectivity index (χ1v) is 4.58. The predicted octanol–water partition coefficient (Wildman–Crippen LogP) is 0.985. The molecule has 0 N–H and O–H groups in total. The molecule has 0 atom stereocenters. The molecule has 0 saturated carbocycles. The largest absolute Gasteiger partial charge is 0.404 e. The highest BCUT2D eigenvalue weighted by Crippen LogP contribution is 2.22. The molecule has 0 bridgehead atoms. The second-order valence-corrected chi connectivity index (χ2v) is 3.46. The van der Waals surface area contributed by atoms with Crippen LogP contribution in [0.5, 0.6) is 0 Å². The molecule has 0 unspecified atom stereocenters. The van der Waals surface area contributed by atoms with Crippen LogP contribution in [0.15, 0.2) is 21.6 Å². The number of halogens is 1. The second-order valence-electron chi connectivity index (χ2n) is 2.60. The molecule has 0 aliphatic heterocycles. The molecule has 2 aromatic heterocycles. The maximum Gasteiger partial charge on any atom is 0.404 e. The third-order valence-electron chi connectivity index (χ3n) is 1.58. The minimum absolute atomic E-state index is 0.225. The van der Waals surface area contributed by atoms with E-state index in [1.165, 1.54) is 17.3 Å². The van der Waals surface area contributed by atoms with Crippen LogP contribution in [-0.2, 0) is 6.54 Å². The molecule has 0 saturated heterocycles. The minimum Gasteiger partial charge on any atom is -0.358 e. The first-order chi connectivity index (χ1) is 7.16. The number of aromatic nitrogens is 4. The Labute approximate surface area is 91.2 Å². The fraction of sp³-hybridized carbons (Fsp3) is 0.167. The van der Waals surface area contributed by atoms with Crippen LogP contribution in [0.2, 0.25) is 0 Å². The van der Waals surface area contributed by atoms with Gasteiger partial charge in [-0.05, 0) is 20.9 Å². The van der Waals surface area contributed by atoms with Crippen molar-refractivity contribution in [3.05, 3.63) is 33.0 Å². The van der Waals surface area contributed by atoms with E-state index in [-0.39, 0.29) is 12.4 Å². The molecule has 2 rings (SSSR count). The van der Waals surface area contributed by atoms with Gasteiger partial charge in [0.25, 0.3) is 0 Å². The van der Waals surface area contributed by atoms with Gasteiger partial charge in [-0.3, -0.25) is 0 Å². The third-order valence-corrected chi connectivity index (χ3v) is 2.14. The number of hydrogen-bond acceptors (Lipinski definition) is 6. The smallest absolute Gasteiger partial charge is 0.358 e. The van der Waals surface area contributed by atoms with Crippen LogP contribution in [0.3, 0.4) is 0 Å². The van der Waals surface area contributed by atoms with Crippen molar-refractivity contribution in [2.45, 2.75) is 6.54 Å². The lowest BCUT2D eigenvalue weighted by Gasteiger charge is -1.88. The van der Waals surface area contributed by atoms with Crippen LogP contribution in [0.25, 0.3) is 0 Å². The molecular formula is C6H4BrN5O3. The van der Waals surface area contributed by atoms with Crippen LogP contribution in [0.4, 0.5) is 5.82 Å². The van der Waals surface area contributed by atoms with E-state index in [0.29, 0.717) is 10.3 Å². The minimum atomic E-state index is -0.573. The van der Waals surface area contributed by atoms with E-state index in [1.54, 1.807) is 0 Å². The highest BCUT2D eigenvalue weighted by Gasteiger charge is 2.19. The maximum atomic E-state index is 10.5. The second kappa shape index (κ2) is 3.77. The average Bonchev–Trinajstić information content (AvgIpc) is 2.75. The summed E-state index contributed by atoms with van der Waals surface area (Å²) in [7, 11) is 0. The zero-order valence-electron chi connectivity index (χ0n) is 7.20. The summed E-state index contributed by atoms with van der Waals surface area (Å²) in [5, 5.41) is 17.8. The van der Waals surface area contributed by atoms with Crippen molar-refractivity contribution in [1.29, 1.82) is 0 Å². The van der Waals surface area contributed by atoms with Crippen molar-refractivity contribution in [2.24, 2.45) is 0 Å². The molecule has 2 heterocycles. The monoisotopic (exact) mass is 273 g/mol. The van der Waals surface area contributed by atoms with E-state index in [4.69, 9.17) is 0 Å². The third kappa shape index (κ3) is 2.01. The first-order valence-electron chi connectivity index (χ1n) is 3.79. The fourth-order valence-electron chi connectivity index (χ4n) is 0.999. The van der Waals surface area contributed by atoms with Crippen LogP contribution in [0.1, 0.15) is 5.82 Å². The van der Waals surface area contributed by atoms with Gasteiger partial charge in [-0.1, -0.05) is 5.16 Å². The lowest BCUT2D eigenvalue weighted by atomic mass is 10.6. The Balaban J connectivity index is 2.23. The van der Waals surface area contributed by atoms with Gasteiger partial charge >= 0.3 is 5.82 Å². The Hall–Kier alpha value is -1.77. The number of nitro groups is 1. The molecule has 0 aliphatic rings. The van der Waals surface area contributed by atoms with E-state index in [2.05, 4.69) is 35.7 Å². The first kappa shape index (κ1) is 9.77. The van der Waals surface area contributed by atoms with Gasteiger partial charge in [-0.25, -0.2) is 0 Å². The molecular weight excluding hydrogens is 270 g/mol. The van der Waals surface area contributed by atoms with E-state index >= 15 is 0 Å². The molecule has 9 heteroatoms. The van der Waals surface area contributed by atoms with Crippen molar-refractivity contribution < 1.29 is 9.45 Å². The molecule has 0 amide bonds. The van der Waals surface area contributed by atoms with E-state index in [1.807, 2.05) is 0 Å². The molecule has 0 fully saturated rings. The Morgan fingerprint density at radius 1 is 1.67 bits per heavy atom. The number of rotatable bonds is 3. The van der Waals surface area contributed by atoms with Crippen LogP contribution >= 0.6 is 15.9 Å². The standard InChI is InChI=1S/C6H4BrN5O3/c7-4-1-11(9-6(4)12(13)14)2-5-8-3-15-10-5/h1,3H,2H2. The van der Waals surface area contributed by atoms with Crippen LogP contribution in [-0.4, -0.2) is 24.8 Å². The van der Waals surface area contributed by atoms with Gasteiger partial charge in [0.2, 0.25) is 6.39 Å². The Morgan fingerprint density at radius 3 is 3.00 bits per heavy atom. The molecule has 8 nitrogen and oxygen atoms in total. The van der Waals surface area contributed by atoms with Crippen molar-refractivity contribution in [2.75, 3.05) is 0 Å². The predicted molar refractivity (Wildman–Crippen MR) is 50.0 cm³/mol. The summed E-state index contributed by atoms with van der Waals surface area (Å²) in [5.41, 5.74) is 0. The van der Waals surface area contributed by atoms with E-state index in [9.17, 15) is 10.1 Å². The Bertz CT molecular complexity index is 479. The lowest BCUT2D eigenvalue weighted by molar-refractivity contribution is -0.390. The Morgan fingerprint density at radius 2 is 2.47 bits per heavy atom. The van der Waals surface area contributed by atoms with Gasteiger partial charge in [0.1, 0.15) is 11.0 Å². The average molecular weight is 274 g/mol. The number of hydrogen-bond donors (Lipinski definition) is 0. The zero-order chi connectivity index (χ0) is 10.8. The summed E-state index contributed by atoms with van der Waals surface area (Å²) in [6.07, 6.45) is 2.66. The van der Waals surface area contributed by atoms with Crippen LogP contribution < -0.4 is 0 Å². The number of nitrogens with zero attached hydrogens (tertiary/aromatic N) is 5. The topological polar surface area (TPSA) is 99.9 Å². The molecule has 15 heavy (non-hydrogen) atoms. The van der Waals surface area contributed by atoms with Gasteiger partial charge in [0, 0.05) is 0 Å². The Kier molecular flexibility index (Phi) is 2.46. The molecule has 0 aromatic carbocycles. The summed E-state index contributed by atoms with van der Waals surface area (Å²) >= 11 is 3.03. The molecule has 2 aromatic rings. The van der Waals surface area contributed by atoms with Gasteiger partial charge in [-0.15, -0.1) is 0 Å². The van der Waals surface area contributed by atoms with Crippen molar-refractivity contribution in [3.8, 4) is 0 Å². The maximum absolute atomic E-state index is 10.5.